The number of piperazine rings is 1. The fourth-order valence-electron chi connectivity index (χ4n) is 3.11. The number of nitrogens with zero attached hydrogens (tertiary/aromatic N) is 2. The fourth-order valence-corrected chi connectivity index (χ4v) is 3.11. The molecule has 114 valence electrons. The summed E-state index contributed by atoms with van der Waals surface area (Å²) < 4.78 is 0. The molecule has 0 amide bonds. The van der Waals surface area contributed by atoms with E-state index < -0.39 is 0 Å². The molecule has 2 aliphatic rings. The molecule has 1 aliphatic heterocycles. The maximum Gasteiger partial charge on any atom is 0.274 e. The Morgan fingerprint density at radius 2 is 2.10 bits per heavy atom. The predicted molar refractivity (Wildman–Crippen MR) is 79.3 cm³/mol. The van der Waals surface area contributed by atoms with Crippen molar-refractivity contribution in [3.05, 3.63) is 33.9 Å². The van der Waals surface area contributed by atoms with Gasteiger partial charge in [-0.05, 0) is 24.5 Å². The second-order valence-corrected chi connectivity index (χ2v) is 5.98. The van der Waals surface area contributed by atoms with Crippen LogP contribution in [0.4, 0.5) is 5.69 Å². The third-order valence-corrected chi connectivity index (χ3v) is 4.41. The molecule has 1 aromatic rings. The molecule has 1 saturated heterocycles. The number of hydrogen-bond acceptors (Lipinski definition) is 5. The molecular weight excluding hydrogens is 270 g/mol. The van der Waals surface area contributed by atoms with Crippen molar-refractivity contribution in [2.24, 2.45) is 5.92 Å². The van der Waals surface area contributed by atoms with Crippen LogP contribution in [-0.4, -0.2) is 41.1 Å². The Morgan fingerprint density at radius 1 is 1.38 bits per heavy atom. The fraction of sp³-hybridized carbons (Fsp3) is 0.600. The van der Waals surface area contributed by atoms with Gasteiger partial charge in [-0.2, -0.15) is 0 Å². The number of phenolic OH excluding ortho intramolecular Hbond substituents is 1. The maximum atomic E-state index is 11.3. The van der Waals surface area contributed by atoms with Gasteiger partial charge in [0.1, 0.15) is 5.75 Å². The smallest absolute Gasteiger partial charge is 0.274 e. The predicted octanol–water partition coefficient (Wildman–Crippen LogP) is 2.05. The zero-order valence-corrected chi connectivity index (χ0v) is 12.0. The van der Waals surface area contributed by atoms with Gasteiger partial charge in [-0.1, -0.05) is 12.8 Å². The minimum atomic E-state index is -0.336. The Bertz CT molecular complexity index is 525. The first-order chi connectivity index (χ1) is 10.1. The van der Waals surface area contributed by atoms with Crippen molar-refractivity contribution < 1.29 is 10.0 Å². The van der Waals surface area contributed by atoms with Crippen LogP contribution < -0.4 is 5.32 Å². The molecule has 0 radical (unpaired) electrons. The molecular formula is C15H21N3O3. The molecule has 6 heteroatoms. The van der Waals surface area contributed by atoms with Gasteiger partial charge >= 0.3 is 0 Å². The molecule has 1 aromatic carbocycles. The van der Waals surface area contributed by atoms with Gasteiger partial charge in [0.05, 0.1) is 10.5 Å². The van der Waals surface area contributed by atoms with Crippen molar-refractivity contribution in [3.63, 3.8) is 0 Å². The molecule has 1 saturated carbocycles. The van der Waals surface area contributed by atoms with E-state index in [1.807, 2.05) is 0 Å². The molecule has 3 rings (SSSR count). The average molecular weight is 291 g/mol. The second kappa shape index (κ2) is 5.99. The lowest BCUT2D eigenvalue weighted by Gasteiger charge is -2.35. The maximum absolute atomic E-state index is 11.3. The van der Waals surface area contributed by atoms with E-state index in [9.17, 15) is 15.2 Å². The van der Waals surface area contributed by atoms with Crippen LogP contribution in [0.2, 0.25) is 0 Å². The van der Waals surface area contributed by atoms with Crippen LogP contribution in [0.15, 0.2) is 18.2 Å². The van der Waals surface area contributed by atoms with E-state index in [1.165, 1.54) is 25.0 Å². The number of benzene rings is 1. The summed E-state index contributed by atoms with van der Waals surface area (Å²) in [6.45, 7) is 3.61. The monoisotopic (exact) mass is 291 g/mol. The number of phenols is 1. The Labute approximate surface area is 123 Å². The van der Waals surface area contributed by atoms with Crippen LogP contribution >= 0.6 is 0 Å². The summed E-state index contributed by atoms with van der Waals surface area (Å²) in [6, 6.07) is 4.43. The van der Waals surface area contributed by atoms with Gasteiger partial charge in [0.15, 0.2) is 0 Å². The molecule has 1 aliphatic carbocycles. The number of rotatable bonds is 5. The molecule has 21 heavy (non-hydrogen) atoms. The third kappa shape index (κ3) is 3.33. The van der Waals surface area contributed by atoms with Crippen LogP contribution in [0, 0.1) is 16.0 Å². The van der Waals surface area contributed by atoms with Crippen LogP contribution in [0.1, 0.15) is 30.9 Å². The normalized spacial score (nSPS) is 21.1. The molecule has 0 spiro atoms. The Balaban J connectivity index is 1.93. The van der Waals surface area contributed by atoms with Crippen molar-refractivity contribution in [1.29, 1.82) is 0 Å². The highest BCUT2D eigenvalue weighted by Crippen LogP contribution is 2.43. The molecule has 1 atom stereocenters. The first-order valence-corrected chi connectivity index (χ1v) is 7.57. The van der Waals surface area contributed by atoms with Crippen LogP contribution in [0.25, 0.3) is 0 Å². The molecule has 0 aromatic heterocycles. The van der Waals surface area contributed by atoms with Gasteiger partial charge in [-0.25, -0.2) is 0 Å². The molecule has 1 heterocycles. The van der Waals surface area contributed by atoms with Crippen molar-refractivity contribution in [3.8, 4) is 5.75 Å². The van der Waals surface area contributed by atoms with Crippen molar-refractivity contribution >= 4 is 5.69 Å². The van der Waals surface area contributed by atoms with Gasteiger partial charge in [-0.3, -0.25) is 15.0 Å². The van der Waals surface area contributed by atoms with E-state index in [-0.39, 0.29) is 22.4 Å². The SMILES string of the molecule is O=[N+]([O-])c1ccc(O)cc1[C@@H](CC1CC1)N1CCNCC1. The van der Waals surface area contributed by atoms with Crippen molar-refractivity contribution in [1.82, 2.24) is 10.2 Å². The molecule has 2 N–H and O–H groups in total. The van der Waals surface area contributed by atoms with Gasteiger partial charge in [0, 0.05) is 38.3 Å². The molecule has 0 bridgehead atoms. The number of nitrogens with one attached hydrogen (secondary N) is 1. The van der Waals surface area contributed by atoms with E-state index >= 15 is 0 Å². The summed E-state index contributed by atoms with van der Waals surface area (Å²) in [7, 11) is 0. The van der Waals surface area contributed by atoms with E-state index in [4.69, 9.17) is 0 Å². The zero-order valence-electron chi connectivity index (χ0n) is 12.0. The van der Waals surface area contributed by atoms with E-state index in [0.717, 1.165) is 32.6 Å². The van der Waals surface area contributed by atoms with E-state index in [1.54, 1.807) is 6.07 Å². The highest BCUT2D eigenvalue weighted by molar-refractivity contribution is 5.46. The Kier molecular flexibility index (Phi) is 4.07. The second-order valence-electron chi connectivity index (χ2n) is 5.98. The summed E-state index contributed by atoms with van der Waals surface area (Å²) in [6.07, 6.45) is 3.38. The summed E-state index contributed by atoms with van der Waals surface area (Å²) in [5.74, 6) is 0.776. The van der Waals surface area contributed by atoms with Gasteiger partial charge < -0.3 is 10.4 Å². The lowest BCUT2D eigenvalue weighted by atomic mass is 9.96. The lowest BCUT2D eigenvalue weighted by molar-refractivity contribution is -0.386. The van der Waals surface area contributed by atoms with Gasteiger partial charge in [0.25, 0.3) is 5.69 Å². The summed E-state index contributed by atoms with van der Waals surface area (Å²) >= 11 is 0. The summed E-state index contributed by atoms with van der Waals surface area (Å²) in [5, 5.41) is 24.4. The van der Waals surface area contributed by atoms with Crippen LogP contribution in [-0.2, 0) is 0 Å². The molecule has 2 fully saturated rings. The Hall–Kier alpha value is -1.66. The van der Waals surface area contributed by atoms with Gasteiger partial charge in [0.2, 0.25) is 0 Å². The minimum absolute atomic E-state index is 0.0344. The standard InChI is InChI=1S/C15H21N3O3/c19-12-3-4-14(18(20)21)13(10-12)15(9-11-1-2-11)17-7-5-16-6-8-17/h3-4,10-11,15-16,19H,1-2,5-9H2/t15-/m1/s1. The Morgan fingerprint density at radius 3 is 2.71 bits per heavy atom. The third-order valence-electron chi connectivity index (χ3n) is 4.41. The summed E-state index contributed by atoms with van der Waals surface area (Å²) in [4.78, 5) is 13.3. The number of hydrogen-bond donors (Lipinski definition) is 2. The summed E-state index contributed by atoms with van der Waals surface area (Å²) in [5.41, 5.74) is 0.783. The highest BCUT2D eigenvalue weighted by Gasteiger charge is 2.34. The van der Waals surface area contributed by atoms with E-state index in [0.29, 0.717) is 11.5 Å². The highest BCUT2D eigenvalue weighted by atomic mass is 16.6. The van der Waals surface area contributed by atoms with Crippen molar-refractivity contribution in [2.75, 3.05) is 26.2 Å². The van der Waals surface area contributed by atoms with Gasteiger partial charge in [-0.15, -0.1) is 0 Å². The zero-order chi connectivity index (χ0) is 14.8. The molecule has 0 unspecified atom stereocenters. The number of nitro groups is 1. The lowest BCUT2D eigenvalue weighted by Crippen LogP contribution is -2.45. The van der Waals surface area contributed by atoms with Crippen molar-refractivity contribution in [2.45, 2.75) is 25.3 Å². The van der Waals surface area contributed by atoms with E-state index in [2.05, 4.69) is 10.2 Å². The first kappa shape index (κ1) is 14.3. The largest absolute Gasteiger partial charge is 0.508 e. The number of aromatic hydroxyl groups is 1. The first-order valence-electron chi connectivity index (χ1n) is 7.57. The van der Waals surface area contributed by atoms with Crippen LogP contribution in [0.3, 0.4) is 0 Å². The quantitative estimate of drug-likeness (QED) is 0.641. The molecule has 6 nitrogen and oxygen atoms in total. The van der Waals surface area contributed by atoms with Crippen LogP contribution in [0.5, 0.6) is 5.75 Å². The topological polar surface area (TPSA) is 78.6 Å². The number of nitro benzene ring substituents is 1. The average Bonchev–Trinajstić information content (AvgIpc) is 3.29. The minimum Gasteiger partial charge on any atom is -0.508 e.